The fourth-order valence-electron chi connectivity index (χ4n) is 4.41. The number of carboxylic acids is 3. The number of aliphatic carboxylic acids is 3. The largest absolute Gasteiger partial charge is 0.481 e. The molecular formula is C25H33Cl2N3O12. The molecule has 0 radical (unpaired) electrons. The van der Waals surface area contributed by atoms with Gasteiger partial charge in [-0.05, 0) is 26.2 Å². The lowest BCUT2D eigenvalue weighted by Gasteiger charge is -2.29. The van der Waals surface area contributed by atoms with Crippen molar-refractivity contribution in [2.45, 2.75) is 93.2 Å². The number of hydrogen-bond donors (Lipinski definition) is 5. The fourth-order valence-corrected chi connectivity index (χ4v) is 5.35. The number of alkyl halides is 2. The van der Waals surface area contributed by atoms with Gasteiger partial charge in [0.25, 0.3) is 5.91 Å². The molecule has 0 spiro atoms. The molecule has 0 aromatic rings. The minimum atomic E-state index is -1.78. The van der Waals surface area contributed by atoms with Crippen molar-refractivity contribution >= 4 is 70.4 Å². The molecule has 3 unspecified atom stereocenters. The number of rotatable bonds is 16. The van der Waals surface area contributed by atoms with E-state index in [0.29, 0.717) is 12.8 Å². The van der Waals surface area contributed by atoms with Crippen LogP contribution in [-0.2, 0) is 43.1 Å². The summed E-state index contributed by atoms with van der Waals surface area (Å²) in [4.78, 5) is 89.2. The molecule has 0 saturated heterocycles. The van der Waals surface area contributed by atoms with Crippen LogP contribution in [0.1, 0.15) is 64.7 Å². The molecule has 0 aromatic carbocycles. The van der Waals surface area contributed by atoms with E-state index in [1.54, 1.807) is 0 Å². The standard InChI is InChI=1S/C25H33Cl2N3O12/c1-25(10-16(30-42-25)14(5-7-19(33)34)28-18(32)6-8-20(35)36)24(40)29-15(9-21(37)38)17(31)11-41-23(39)22-12(26)3-2-4-13(22)27/h12-15,22H,2-11H2,1H3,(H,28,32)(H,29,40)(H,33,34)(H,35,36)(H,37,38)/t12?,13?,14-,15-,22?,25?/m0/s1. The van der Waals surface area contributed by atoms with Gasteiger partial charge in [-0.2, -0.15) is 0 Å². The van der Waals surface area contributed by atoms with Crippen LogP contribution < -0.4 is 10.6 Å². The molecule has 1 aliphatic carbocycles. The number of carbonyl (C=O) groups is 7. The Kier molecular flexibility index (Phi) is 13.0. The third kappa shape index (κ3) is 10.4. The highest BCUT2D eigenvalue weighted by Gasteiger charge is 2.45. The van der Waals surface area contributed by atoms with Crippen molar-refractivity contribution in [3.63, 3.8) is 0 Å². The maximum absolute atomic E-state index is 13.1. The molecule has 2 rings (SSSR count). The number of Topliss-reactive ketones (excluding diaryl/α,β-unsaturated/α-hetero) is 1. The Morgan fingerprint density at radius 2 is 1.60 bits per heavy atom. The SMILES string of the molecule is CC1(C(=O)N[C@@H](CC(=O)O)C(=O)COC(=O)C2C(Cl)CCCC2Cl)CC([C@H](CCC(=O)O)NC(=O)CCC(=O)O)=NO1. The zero-order valence-electron chi connectivity index (χ0n) is 22.7. The van der Waals surface area contributed by atoms with E-state index in [1.807, 2.05) is 0 Å². The van der Waals surface area contributed by atoms with Gasteiger partial charge in [0.2, 0.25) is 11.5 Å². The number of esters is 1. The number of carboxylic acid groups (broad SMARTS) is 3. The third-order valence-electron chi connectivity index (χ3n) is 6.75. The summed E-state index contributed by atoms with van der Waals surface area (Å²) >= 11 is 12.4. The van der Waals surface area contributed by atoms with Crippen LogP contribution in [-0.4, -0.2) is 97.6 Å². The van der Waals surface area contributed by atoms with E-state index >= 15 is 0 Å². The summed E-state index contributed by atoms with van der Waals surface area (Å²) in [5, 5.41) is 34.5. The van der Waals surface area contributed by atoms with Crippen molar-refractivity contribution in [3.05, 3.63) is 0 Å². The summed E-state index contributed by atoms with van der Waals surface area (Å²) in [6.07, 6.45) is -0.720. The molecule has 234 valence electrons. The first-order valence-electron chi connectivity index (χ1n) is 13.1. The average Bonchev–Trinajstić information content (AvgIpc) is 3.30. The van der Waals surface area contributed by atoms with Gasteiger partial charge in [0, 0.05) is 30.0 Å². The molecule has 5 N–H and O–H groups in total. The van der Waals surface area contributed by atoms with E-state index in [4.69, 9.17) is 43.0 Å². The molecule has 1 saturated carbocycles. The van der Waals surface area contributed by atoms with Crippen LogP contribution in [0.2, 0.25) is 0 Å². The lowest BCUT2D eigenvalue weighted by Crippen LogP contribution is -2.53. The van der Waals surface area contributed by atoms with Crippen LogP contribution >= 0.6 is 23.2 Å². The van der Waals surface area contributed by atoms with Crippen LogP contribution in [0.25, 0.3) is 0 Å². The molecule has 1 heterocycles. The molecule has 1 aliphatic heterocycles. The quantitative estimate of drug-likeness (QED) is 0.117. The molecule has 2 aliphatic rings. The number of ketones is 1. The summed E-state index contributed by atoms with van der Waals surface area (Å²) in [5.74, 6) is -8.05. The van der Waals surface area contributed by atoms with Crippen molar-refractivity contribution < 1.29 is 58.5 Å². The minimum Gasteiger partial charge on any atom is -0.481 e. The molecule has 17 heteroatoms. The van der Waals surface area contributed by atoms with Gasteiger partial charge in [-0.3, -0.25) is 33.6 Å². The number of ether oxygens (including phenoxy) is 1. The van der Waals surface area contributed by atoms with Gasteiger partial charge in [0.05, 0.1) is 30.5 Å². The first-order chi connectivity index (χ1) is 19.6. The number of oxime groups is 1. The van der Waals surface area contributed by atoms with E-state index in [2.05, 4.69) is 15.8 Å². The van der Waals surface area contributed by atoms with E-state index in [1.165, 1.54) is 6.92 Å². The van der Waals surface area contributed by atoms with Gasteiger partial charge >= 0.3 is 23.9 Å². The molecule has 2 amide bonds. The molecule has 15 nitrogen and oxygen atoms in total. The van der Waals surface area contributed by atoms with Gasteiger partial charge < -0.3 is 35.5 Å². The number of hydrogen-bond acceptors (Lipinski definition) is 10. The van der Waals surface area contributed by atoms with Crippen LogP contribution in [0, 0.1) is 5.92 Å². The number of halogens is 2. The maximum atomic E-state index is 13.1. The first kappa shape index (κ1) is 34.7. The van der Waals surface area contributed by atoms with Gasteiger partial charge in [-0.1, -0.05) is 11.6 Å². The second-order valence-electron chi connectivity index (χ2n) is 10.2. The lowest BCUT2D eigenvalue weighted by molar-refractivity contribution is -0.154. The van der Waals surface area contributed by atoms with Crippen molar-refractivity contribution in [1.82, 2.24) is 10.6 Å². The van der Waals surface area contributed by atoms with E-state index in [-0.39, 0.29) is 25.0 Å². The van der Waals surface area contributed by atoms with Crippen molar-refractivity contribution in [2.24, 2.45) is 11.1 Å². The zero-order valence-corrected chi connectivity index (χ0v) is 24.2. The van der Waals surface area contributed by atoms with E-state index < -0.39 is 102 Å². The first-order valence-corrected chi connectivity index (χ1v) is 14.0. The summed E-state index contributed by atoms with van der Waals surface area (Å²) in [5.41, 5.74) is -1.71. The fraction of sp³-hybridized carbons (Fsp3) is 0.680. The topological polar surface area (TPSA) is 235 Å². The third-order valence-corrected chi connectivity index (χ3v) is 7.73. The van der Waals surface area contributed by atoms with Gasteiger partial charge in [0.1, 0.15) is 6.04 Å². The number of nitrogens with zero attached hydrogens (tertiary/aromatic N) is 1. The van der Waals surface area contributed by atoms with E-state index in [0.717, 1.165) is 6.42 Å². The summed E-state index contributed by atoms with van der Waals surface area (Å²) in [7, 11) is 0. The number of carbonyl (C=O) groups excluding carboxylic acids is 4. The Morgan fingerprint density at radius 1 is 0.976 bits per heavy atom. The van der Waals surface area contributed by atoms with Crippen LogP contribution in [0.15, 0.2) is 5.16 Å². The van der Waals surface area contributed by atoms with Crippen molar-refractivity contribution in [2.75, 3.05) is 6.61 Å². The second kappa shape index (κ2) is 15.7. The van der Waals surface area contributed by atoms with E-state index in [9.17, 15) is 38.7 Å². The van der Waals surface area contributed by atoms with Crippen LogP contribution in [0.3, 0.4) is 0 Å². The summed E-state index contributed by atoms with van der Waals surface area (Å²) < 4.78 is 5.06. The second-order valence-corrected chi connectivity index (χ2v) is 11.3. The van der Waals surface area contributed by atoms with Gasteiger partial charge in [0.15, 0.2) is 12.4 Å². The number of amides is 2. The maximum Gasteiger partial charge on any atom is 0.312 e. The van der Waals surface area contributed by atoms with Crippen LogP contribution in [0.5, 0.6) is 0 Å². The predicted octanol–water partition coefficient (Wildman–Crippen LogP) is 0.823. The van der Waals surface area contributed by atoms with Crippen molar-refractivity contribution in [1.29, 1.82) is 0 Å². The van der Waals surface area contributed by atoms with Crippen molar-refractivity contribution in [3.8, 4) is 0 Å². The Balaban J connectivity index is 2.05. The monoisotopic (exact) mass is 637 g/mol. The highest BCUT2D eigenvalue weighted by atomic mass is 35.5. The Morgan fingerprint density at radius 3 is 2.17 bits per heavy atom. The molecule has 5 atom stereocenters. The summed E-state index contributed by atoms with van der Waals surface area (Å²) in [6.45, 7) is 0.436. The zero-order chi connectivity index (χ0) is 31.6. The smallest absolute Gasteiger partial charge is 0.312 e. The highest BCUT2D eigenvalue weighted by Crippen LogP contribution is 2.33. The Hall–Kier alpha value is -3.46. The number of nitrogens with one attached hydrogen (secondary N) is 2. The molecular weight excluding hydrogens is 605 g/mol. The lowest BCUT2D eigenvalue weighted by atomic mass is 9.88. The molecule has 0 bridgehead atoms. The normalized spacial score (nSPS) is 24.7. The average molecular weight is 638 g/mol. The highest BCUT2D eigenvalue weighted by molar-refractivity contribution is 6.26. The summed E-state index contributed by atoms with van der Waals surface area (Å²) in [6, 6.07) is -2.63. The van der Waals surface area contributed by atoms with Gasteiger partial charge in [-0.25, -0.2) is 0 Å². The predicted molar refractivity (Wildman–Crippen MR) is 144 cm³/mol. The molecule has 42 heavy (non-hydrogen) atoms. The van der Waals surface area contributed by atoms with Crippen LogP contribution in [0.4, 0.5) is 0 Å². The molecule has 1 fully saturated rings. The minimum absolute atomic E-state index is 0.0753. The Bertz CT molecular complexity index is 1110. The molecule has 0 aromatic heterocycles. The Labute approximate surface area is 250 Å². The van der Waals surface area contributed by atoms with Gasteiger partial charge in [-0.15, -0.1) is 23.2 Å².